The molecule has 2 fully saturated rings. The summed E-state index contributed by atoms with van der Waals surface area (Å²) in [6, 6.07) is 8.04. The van der Waals surface area contributed by atoms with Crippen LogP contribution in [0, 0.1) is 0 Å². The molecule has 4 heteroatoms. The topological polar surface area (TPSA) is 54.4 Å². The van der Waals surface area contributed by atoms with E-state index >= 15 is 0 Å². The van der Waals surface area contributed by atoms with E-state index in [4.69, 9.17) is 0 Å². The van der Waals surface area contributed by atoms with Gasteiger partial charge >= 0.3 is 0 Å². The third kappa shape index (κ3) is 2.53. The van der Waals surface area contributed by atoms with Crippen molar-refractivity contribution < 1.29 is 13.5 Å². The highest BCUT2D eigenvalue weighted by atomic mass is 32.2. The molecule has 1 aromatic rings. The molecule has 2 aliphatic heterocycles. The van der Waals surface area contributed by atoms with Crippen molar-refractivity contribution in [2.75, 3.05) is 0 Å². The molecule has 2 aliphatic rings. The Morgan fingerprint density at radius 2 is 1.81 bits per heavy atom. The maximum Gasteiger partial charge on any atom is 0.156 e. The molecule has 1 aromatic carbocycles. The molecule has 2 bridgehead atoms. The van der Waals surface area contributed by atoms with E-state index in [2.05, 4.69) is 26.0 Å². The van der Waals surface area contributed by atoms with Crippen LogP contribution in [0.15, 0.2) is 24.3 Å². The second kappa shape index (κ2) is 5.10. The minimum Gasteiger partial charge on any atom is -0.385 e. The zero-order chi connectivity index (χ0) is 15.3. The van der Waals surface area contributed by atoms with Crippen molar-refractivity contribution in [3.63, 3.8) is 0 Å². The first kappa shape index (κ1) is 15.0. The smallest absolute Gasteiger partial charge is 0.156 e. The van der Waals surface area contributed by atoms with Gasteiger partial charge in [0.25, 0.3) is 0 Å². The van der Waals surface area contributed by atoms with Crippen molar-refractivity contribution in [3.05, 3.63) is 35.4 Å². The number of aliphatic hydroxyl groups is 1. The van der Waals surface area contributed by atoms with Crippen LogP contribution in [-0.4, -0.2) is 24.0 Å². The number of hydrogen-bond donors (Lipinski definition) is 1. The molecule has 2 atom stereocenters. The standard InChI is InChI=1S/C17H24O3S/c1-12(2)13-5-3-6-14(9-13)17(18)10-15-7-4-8-16(11-17)21(15,19)20/h3,5-6,9,12,15-16,18H,4,7-8,10-11H2,1-2H3. The molecule has 3 nitrogen and oxygen atoms in total. The van der Waals surface area contributed by atoms with Crippen molar-refractivity contribution >= 4 is 9.84 Å². The van der Waals surface area contributed by atoms with Crippen molar-refractivity contribution in [2.45, 2.75) is 68.0 Å². The molecule has 21 heavy (non-hydrogen) atoms. The van der Waals surface area contributed by atoms with E-state index in [-0.39, 0.29) is 10.5 Å². The summed E-state index contributed by atoms with van der Waals surface area (Å²) in [7, 11) is -3.03. The van der Waals surface area contributed by atoms with Gasteiger partial charge in [-0.3, -0.25) is 0 Å². The molecule has 0 radical (unpaired) electrons. The summed E-state index contributed by atoms with van der Waals surface area (Å²) in [5, 5.41) is 10.4. The summed E-state index contributed by atoms with van der Waals surface area (Å²) in [5.41, 5.74) is 1.10. The van der Waals surface area contributed by atoms with Crippen LogP contribution in [0.2, 0.25) is 0 Å². The number of fused-ring (bicyclic) bond motifs is 2. The minimum absolute atomic E-state index is 0.355. The zero-order valence-corrected chi connectivity index (χ0v) is 13.6. The second-order valence-electron chi connectivity index (χ2n) is 6.98. The molecule has 0 spiro atoms. The molecular formula is C17H24O3S. The van der Waals surface area contributed by atoms with Gasteiger partial charge in [0.05, 0.1) is 16.1 Å². The van der Waals surface area contributed by atoms with Crippen molar-refractivity contribution in [2.24, 2.45) is 0 Å². The molecule has 0 saturated carbocycles. The van der Waals surface area contributed by atoms with Crippen LogP contribution >= 0.6 is 0 Å². The molecule has 2 unspecified atom stereocenters. The number of sulfone groups is 1. The third-order valence-electron chi connectivity index (χ3n) is 5.20. The fraction of sp³-hybridized carbons (Fsp3) is 0.647. The Balaban J connectivity index is 1.97. The van der Waals surface area contributed by atoms with Gasteiger partial charge in [0, 0.05) is 0 Å². The summed E-state index contributed by atoms with van der Waals surface area (Å²) in [4.78, 5) is 0. The Hall–Kier alpha value is -0.870. The van der Waals surface area contributed by atoms with Crippen LogP contribution in [0.3, 0.4) is 0 Å². The minimum atomic E-state index is -3.03. The van der Waals surface area contributed by atoms with Gasteiger partial charge in [-0.15, -0.1) is 0 Å². The predicted octanol–water partition coefficient (Wildman–Crippen LogP) is 3.13. The largest absolute Gasteiger partial charge is 0.385 e. The number of benzene rings is 1. The molecule has 3 rings (SSSR count). The molecule has 2 heterocycles. The van der Waals surface area contributed by atoms with Gasteiger partial charge in [-0.25, -0.2) is 8.42 Å². The molecule has 0 aliphatic carbocycles. The Kier molecular flexibility index (Phi) is 3.65. The highest BCUT2D eigenvalue weighted by Gasteiger charge is 2.50. The van der Waals surface area contributed by atoms with E-state index in [9.17, 15) is 13.5 Å². The summed E-state index contributed by atoms with van der Waals surface area (Å²) < 4.78 is 24.8. The van der Waals surface area contributed by atoms with Crippen LogP contribution in [0.25, 0.3) is 0 Å². The van der Waals surface area contributed by atoms with Crippen LogP contribution in [-0.2, 0) is 15.4 Å². The highest BCUT2D eigenvalue weighted by Crippen LogP contribution is 2.46. The summed E-state index contributed by atoms with van der Waals surface area (Å²) in [5.74, 6) is 0.403. The second-order valence-corrected chi connectivity index (χ2v) is 9.50. The quantitative estimate of drug-likeness (QED) is 0.913. The molecule has 2 saturated heterocycles. The van der Waals surface area contributed by atoms with Crippen molar-refractivity contribution in [1.29, 1.82) is 0 Å². The lowest BCUT2D eigenvalue weighted by atomic mass is 9.79. The van der Waals surface area contributed by atoms with Crippen LogP contribution < -0.4 is 0 Å². The van der Waals surface area contributed by atoms with E-state index in [1.807, 2.05) is 12.1 Å². The average Bonchev–Trinajstić information content (AvgIpc) is 2.41. The lowest BCUT2D eigenvalue weighted by molar-refractivity contribution is 0.00493. The Morgan fingerprint density at radius 3 is 2.38 bits per heavy atom. The molecule has 0 amide bonds. The monoisotopic (exact) mass is 308 g/mol. The zero-order valence-electron chi connectivity index (χ0n) is 12.7. The van der Waals surface area contributed by atoms with Gasteiger partial charge in [-0.05, 0) is 42.7 Å². The predicted molar refractivity (Wildman–Crippen MR) is 84.0 cm³/mol. The van der Waals surface area contributed by atoms with Gasteiger partial charge in [-0.1, -0.05) is 44.5 Å². The fourth-order valence-electron chi connectivity index (χ4n) is 3.87. The SMILES string of the molecule is CC(C)c1cccc(C2(O)CC3CCCC(C2)S3(=O)=O)c1. The molecular weight excluding hydrogens is 284 g/mol. The van der Waals surface area contributed by atoms with Crippen molar-refractivity contribution in [3.8, 4) is 0 Å². The number of rotatable bonds is 2. The van der Waals surface area contributed by atoms with Gasteiger partial charge in [0.15, 0.2) is 9.84 Å². The lowest BCUT2D eigenvalue weighted by Crippen LogP contribution is -2.50. The highest BCUT2D eigenvalue weighted by molar-refractivity contribution is 7.92. The molecule has 0 aromatic heterocycles. The Labute approximate surface area is 127 Å². The van der Waals surface area contributed by atoms with Crippen molar-refractivity contribution in [1.82, 2.24) is 0 Å². The third-order valence-corrected chi connectivity index (χ3v) is 7.87. The Morgan fingerprint density at radius 1 is 1.19 bits per heavy atom. The first-order valence-corrected chi connectivity index (χ1v) is 9.49. The lowest BCUT2D eigenvalue weighted by Gasteiger charge is -2.44. The molecule has 1 N–H and O–H groups in total. The van der Waals surface area contributed by atoms with E-state index in [1.54, 1.807) is 0 Å². The fourth-order valence-corrected chi connectivity index (χ4v) is 6.42. The van der Waals surface area contributed by atoms with Gasteiger partial charge in [0.2, 0.25) is 0 Å². The van der Waals surface area contributed by atoms with E-state index in [1.165, 1.54) is 5.56 Å². The maximum absolute atomic E-state index is 12.4. The van der Waals surface area contributed by atoms with E-state index in [0.29, 0.717) is 31.6 Å². The summed E-state index contributed by atoms with van der Waals surface area (Å²) >= 11 is 0. The summed E-state index contributed by atoms with van der Waals surface area (Å²) in [6.45, 7) is 4.26. The van der Waals surface area contributed by atoms with Gasteiger partial charge in [0.1, 0.15) is 0 Å². The first-order chi connectivity index (χ1) is 9.83. The maximum atomic E-state index is 12.4. The average molecular weight is 308 g/mol. The number of hydrogen-bond acceptors (Lipinski definition) is 3. The van der Waals surface area contributed by atoms with E-state index < -0.39 is 15.4 Å². The van der Waals surface area contributed by atoms with E-state index in [0.717, 1.165) is 12.0 Å². The normalized spacial score (nSPS) is 34.9. The van der Waals surface area contributed by atoms with Crippen LogP contribution in [0.4, 0.5) is 0 Å². The van der Waals surface area contributed by atoms with Gasteiger partial charge < -0.3 is 5.11 Å². The summed E-state index contributed by atoms with van der Waals surface area (Å²) in [6.07, 6.45) is 3.08. The van der Waals surface area contributed by atoms with Gasteiger partial charge in [-0.2, -0.15) is 0 Å². The Bertz CT molecular complexity index is 613. The van der Waals surface area contributed by atoms with Crippen LogP contribution in [0.1, 0.15) is 63.0 Å². The molecule has 116 valence electrons. The van der Waals surface area contributed by atoms with Crippen LogP contribution in [0.5, 0.6) is 0 Å². The first-order valence-electron chi connectivity index (χ1n) is 7.88.